The average molecular weight is 235 g/mol. The van der Waals surface area contributed by atoms with Gasteiger partial charge in [0.25, 0.3) is 0 Å². The van der Waals surface area contributed by atoms with Crippen molar-refractivity contribution in [3.63, 3.8) is 0 Å². The fourth-order valence-electron chi connectivity index (χ4n) is 1.13. The summed E-state index contributed by atoms with van der Waals surface area (Å²) in [7, 11) is 0. The molecule has 2 heterocycles. The van der Waals surface area contributed by atoms with E-state index in [0.717, 1.165) is 0 Å². The van der Waals surface area contributed by atoms with Gasteiger partial charge in [0, 0.05) is 4.88 Å². The molecule has 0 aliphatic rings. The fraction of sp³-hybridized carbons (Fsp3) is 0.100. The van der Waals surface area contributed by atoms with Crippen molar-refractivity contribution in [2.45, 2.75) is 6.54 Å². The number of carbonyl (C=O) groups is 1. The van der Waals surface area contributed by atoms with Gasteiger partial charge in [0.05, 0.1) is 6.54 Å². The minimum absolute atomic E-state index is 0.0540. The minimum Gasteiger partial charge on any atom is -0.476 e. The number of carboxylic acid groups (broad SMARTS) is 1. The van der Waals surface area contributed by atoms with Crippen LogP contribution in [-0.2, 0) is 6.54 Å². The van der Waals surface area contributed by atoms with E-state index in [1.807, 2.05) is 17.5 Å². The summed E-state index contributed by atoms with van der Waals surface area (Å²) in [5.41, 5.74) is -0.0540. The molecule has 2 aromatic heterocycles. The first kappa shape index (κ1) is 10.6. The Kier molecular flexibility index (Phi) is 3.11. The van der Waals surface area contributed by atoms with Gasteiger partial charge in [-0.05, 0) is 23.6 Å². The monoisotopic (exact) mass is 235 g/mol. The molecule has 0 atom stereocenters. The van der Waals surface area contributed by atoms with Crippen molar-refractivity contribution in [2.24, 2.45) is 0 Å². The van der Waals surface area contributed by atoms with E-state index in [1.165, 1.54) is 10.9 Å². The molecule has 5 nitrogen and oxygen atoms in total. The minimum atomic E-state index is -1.07. The number of hydrogen-bond donors (Lipinski definition) is 2. The first-order chi connectivity index (χ1) is 7.75. The summed E-state index contributed by atoms with van der Waals surface area (Å²) in [5.74, 6) is -0.504. The molecule has 0 saturated heterocycles. The number of aromatic nitrogens is 2. The standard InChI is InChI=1S/C10H9N3O2S/c14-10(15)8-3-4-9(13-12-8)11-6-7-2-1-5-16-7/h1-5H,6H2,(H,11,13)(H,14,15). The van der Waals surface area contributed by atoms with Crippen LogP contribution >= 0.6 is 11.3 Å². The topological polar surface area (TPSA) is 75.1 Å². The maximum atomic E-state index is 10.5. The first-order valence-corrected chi connectivity index (χ1v) is 5.47. The molecular weight excluding hydrogens is 226 g/mol. The number of carboxylic acids is 1. The summed E-state index contributed by atoms with van der Waals surface area (Å²) >= 11 is 1.65. The Labute approximate surface area is 95.8 Å². The third kappa shape index (κ3) is 2.54. The normalized spacial score (nSPS) is 10.0. The zero-order valence-corrected chi connectivity index (χ0v) is 9.07. The highest BCUT2D eigenvalue weighted by molar-refractivity contribution is 7.09. The quantitative estimate of drug-likeness (QED) is 0.845. The van der Waals surface area contributed by atoms with Gasteiger partial charge in [0.15, 0.2) is 5.69 Å². The highest BCUT2D eigenvalue weighted by Crippen LogP contribution is 2.10. The molecule has 16 heavy (non-hydrogen) atoms. The molecule has 2 rings (SSSR count). The van der Waals surface area contributed by atoms with Crippen LogP contribution in [0.25, 0.3) is 0 Å². The molecule has 0 fully saturated rings. The number of thiophene rings is 1. The Morgan fingerprint density at radius 3 is 2.81 bits per heavy atom. The molecule has 2 aromatic rings. The van der Waals surface area contributed by atoms with Crippen LogP contribution in [0.5, 0.6) is 0 Å². The average Bonchev–Trinajstić information content (AvgIpc) is 2.80. The predicted octanol–water partition coefficient (Wildman–Crippen LogP) is 1.85. The summed E-state index contributed by atoms with van der Waals surface area (Å²) in [6.07, 6.45) is 0. The second-order valence-electron chi connectivity index (χ2n) is 3.04. The molecule has 0 saturated carbocycles. The number of nitrogens with one attached hydrogen (secondary N) is 1. The Morgan fingerprint density at radius 2 is 2.25 bits per heavy atom. The molecule has 6 heteroatoms. The molecule has 0 aromatic carbocycles. The second-order valence-corrected chi connectivity index (χ2v) is 4.07. The van der Waals surface area contributed by atoms with Crippen LogP contribution in [-0.4, -0.2) is 21.3 Å². The van der Waals surface area contributed by atoms with Crippen LogP contribution < -0.4 is 5.32 Å². The Bertz CT molecular complexity index is 467. The largest absolute Gasteiger partial charge is 0.476 e. The number of aromatic carboxylic acids is 1. The third-order valence-electron chi connectivity index (χ3n) is 1.91. The van der Waals surface area contributed by atoms with E-state index in [2.05, 4.69) is 15.5 Å². The summed E-state index contributed by atoms with van der Waals surface area (Å²) < 4.78 is 0. The van der Waals surface area contributed by atoms with Crippen molar-refractivity contribution in [2.75, 3.05) is 5.32 Å². The number of rotatable bonds is 4. The van der Waals surface area contributed by atoms with Gasteiger partial charge in [0.2, 0.25) is 0 Å². The van der Waals surface area contributed by atoms with Crippen LogP contribution in [0.4, 0.5) is 5.82 Å². The molecule has 82 valence electrons. The van der Waals surface area contributed by atoms with E-state index in [1.54, 1.807) is 17.4 Å². The van der Waals surface area contributed by atoms with E-state index < -0.39 is 5.97 Å². The SMILES string of the molecule is O=C(O)c1ccc(NCc2cccs2)nn1. The van der Waals surface area contributed by atoms with Crippen LogP contribution in [0.1, 0.15) is 15.4 Å². The third-order valence-corrected chi connectivity index (χ3v) is 2.78. The lowest BCUT2D eigenvalue weighted by Gasteiger charge is -2.02. The Hall–Kier alpha value is -1.95. The molecular formula is C10H9N3O2S. The van der Waals surface area contributed by atoms with E-state index in [9.17, 15) is 4.79 Å². The lowest BCUT2D eigenvalue weighted by atomic mass is 10.4. The highest BCUT2D eigenvalue weighted by Gasteiger charge is 2.04. The number of anilines is 1. The Balaban J connectivity index is 1.98. The van der Waals surface area contributed by atoms with Gasteiger partial charge in [-0.15, -0.1) is 21.5 Å². The van der Waals surface area contributed by atoms with Gasteiger partial charge in [-0.1, -0.05) is 6.07 Å². The second kappa shape index (κ2) is 4.71. The maximum Gasteiger partial charge on any atom is 0.356 e. The highest BCUT2D eigenvalue weighted by atomic mass is 32.1. The van der Waals surface area contributed by atoms with E-state index >= 15 is 0 Å². The predicted molar refractivity (Wildman–Crippen MR) is 60.6 cm³/mol. The molecule has 0 bridgehead atoms. The van der Waals surface area contributed by atoms with Gasteiger partial charge in [0.1, 0.15) is 5.82 Å². The molecule has 2 N–H and O–H groups in total. The fourth-order valence-corrected chi connectivity index (χ4v) is 1.78. The van der Waals surface area contributed by atoms with Crippen molar-refractivity contribution >= 4 is 23.1 Å². The smallest absolute Gasteiger partial charge is 0.356 e. The van der Waals surface area contributed by atoms with Gasteiger partial charge < -0.3 is 10.4 Å². The van der Waals surface area contributed by atoms with Crippen LogP contribution in [0.2, 0.25) is 0 Å². The summed E-state index contributed by atoms with van der Waals surface area (Å²) in [4.78, 5) is 11.7. The number of hydrogen-bond acceptors (Lipinski definition) is 5. The maximum absolute atomic E-state index is 10.5. The summed E-state index contributed by atoms with van der Waals surface area (Å²) in [6, 6.07) is 7.01. The first-order valence-electron chi connectivity index (χ1n) is 4.59. The van der Waals surface area contributed by atoms with Crippen LogP contribution in [0.3, 0.4) is 0 Å². The van der Waals surface area contributed by atoms with E-state index in [0.29, 0.717) is 12.4 Å². The van der Waals surface area contributed by atoms with Crippen molar-refractivity contribution < 1.29 is 9.90 Å². The lowest BCUT2D eigenvalue weighted by molar-refractivity contribution is 0.0689. The van der Waals surface area contributed by atoms with Gasteiger partial charge in [-0.3, -0.25) is 0 Å². The van der Waals surface area contributed by atoms with Gasteiger partial charge in [-0.2, -0.15) is 0 Å². The van der Waals surface area contributed by atoms with E-state index in [-0.39, 0.29) is 5.69 Å². The molecule has 0 aliphatic heterocycles. The van der Waals surface area contributed by atoms with E-state index in [4.69, 9.17) is 5.11 Å². The molecule has 0 radical (unpaired) electrons. The molecule has 0 amide bonds. The van der Waals surface area contributed by atoms with Crippen molar-refractivity contribution in [3.05, 3.63) is 40.2 Å². The summed E-state index contributed by atoms with van der Waals surface area (Å²) in [6.45, 7) is 0.665. The van der Waals surface area contributed by atoms with Crippen LogP contribution in [0, 0.1) is 0 Å². The molecule has 0 spiro atoms. The van der Waals surface area contributed by atoms with Gasteiger partial charge in [-0.25, -0.2) is 4.79 Å². The lowest BCUT2D eigenvalue weighted by Crippen LogP contribution is -2.05. The van der Waals surface area contributed by atoms with Crippen molar-refractivity contribution in [1.82, 2.24) is 10.2 Å². The zero-order valence-electron chi connectivity index (χ0n) is 8.25. The van der Waals surface area contributed by atoms with Crippen molar-refractivity contribution in [3.8, 4) is 0 Å². The van der Waals surface area contributed by atoms with Gasteiger partial charge >= 0.3 is 5.97 Å². The molecule has 0 aliphatic carbocycles. The zero-order chi connectivity index (χ0) is 11.4. The number of nitrogens with zero attached hydrogens (tertiary/aromatic N) is 2. The summed E-state index contributed by atoms with van der Waals surface area (Å²) in [5, 5.41) is 21.0. The van der Waals surface area contributed by atoms with Crippen molar-refractivity contribution in [1.29, 1.82) is 0 Å². The van der Waals surface area contributed by atoms with Crippen LogP contribution in [0.15, 0.2) is 29.6 Å². The molecule has 0 unspecified atom stereocenters. The Morgan fingerprint density at radius 1 is 1.38 bits per heavy atom.